The second-order valence-corrected chi connectivity index (χ2v) is 7.59. The van der Waals surface area contributed by atoms with E-state index in [4.69, 9.17) is 10.1 Å². The molecule has 0 saturated heterocycles. The van der Waals surface area contributed by atoms with Crippen molar-refractivity contribution >= 4 is 11.3 Å². The van der Waals surface area contributed by atoms with Gasteiger partial charge in [-0.3, -0.25) is 0 Å². The number of aryl methyl sites for hydroxylation is 2. The Morgan fingerprint density at radius 2 is 2.08 bits per heavy atom. The Labute approximate surface area is 152 Å². The number of hydrogen-bond donors (Lipinski definition) is 1. The number of nitrogens with one attached hydrogen (secondary N) is 1. The predicted molar refractivity (Wildman–Crippen MR) is 101 cm³/mol. The fourth-order valence-electron chi connectivity index (χ4n) is 3.30. The fraction of sp³-hybridized carbons (Fsp3) is 0.421. The zero-order valence-corrected chi connectivity index (χ0v) is 15.5. The second-order valence-electron chi connectivity index (χ2n) is 6.53. The van der Waals surface area contributed by atoms with Gasteiger partial charge >= 0.3 is 0 Å². The Kier molecular flexibility index (Phi) is 4.63. The van der Waals surface area contributed by atoms with E-state index < -0.39 is 0 Å². The summed E-state index contributed by atoms with van der Waals surface area (Å²) >= 11 is 1.64. The van der Waals surface area contributed by atoms with Gasteiger partial charge in [0.1, 0.15) is 11.5 Å². The van der Waals surface area contributed by atoms with E-state index in [-0.39, 0.29) is 6.04 Å². The number of aromatic nitrogens is 4. The molecule has 1 aromatic carbocycles. The molecule has 1 N–H and O–H groups in total. The summed E-state index contributed by atoms with van der Waals surface area (Å²) in [6.45, 7) is 6.01. The Morgan fingerprint density at radius 3 is 2.84 bits per heavy atom. The number of hydrogen-bond acceptors (Lipinski definition) is 5. The van der Waals surface area contributed by atoms with E-state index in [0.29, 0.717) is 0 Å². The summed E-state index contributed by atoms with van der Waals surface area (Å²) in [7, 11) is 0. The quantitative estimate of drug-likeness (QED) is 0.756. The van der Waals surface area contributed by atoms with Crippen molar-refractivity contribution in [1.29, 1.82) is 0 Å². The molecule has 130 valence electrons. The van der Waals surface area contributed by atoms with Gasteiger partial charge in [0.15, 0.2) is 0 Å². The summed E-state index contributed by atoms with van der Waals surface area (Å²) in [5, 5.41) is 11.5. The largest absolute Gasteiger partial charge is 0.303 e. The lowest BCUT2D eigenvalue weighted by atomic mass is 9.95. The van der Waals surface area contributed by atoms with Gasteiger partial charge < -0.3 is 5.32 Å². The second kappa shape index (κ2) is 7.06. The molecular formula is C19H23N5S. The summed E-state index contributed by atoms with van der Waals surface area (Å²) < 4.78 is 2.08. The van der Waals surface area contributed by atoms with Crippen LogP contribution in [0.4, 0.5) is 0 Å². The molecule has 6 heteroatoms. The number of thiazole rings is 1. The molecule has 0 fully saturated rings. The molecule has 0 radical (unpaired) electrons. The van der Waals surface area contributed by atoms with Gasteiger partial charge in [0, 0.05) is 18.5 Å². The van der Waals surface area contributed by atoms with E-state index in [1.165, 1.54) is 11.1 Å². The van der Waals surface area contributed by atoms with Crippen molar-refractivity contribution in [3.05, 3.63) is 51.6 Å². The first-order valence-corrected chi connectivity index (χ1v) is 9.80. The zero-order chi connectivity index (χ0) is 17.2. The van der Waals surface area contributed by atoms with Crippen LogP contribution in [-0.4, -0.2) is 19.7 Å². The van der Waals surface area contributed by atoms with Crippen LogP contribution in [0.5, 0.6) is 0 Å². The minimum absolute atomic E-state index is 0.202. The summed E-state index contributed by atoms with van der Waals surface area (Å²) in [4.78, 5) is 9.43. The summed E-state index contributed by atoms with van der Waals surface area (Å²) in [5.41, 5.74) is 3.67. The van der Waals surface area contributed by atoms with Crippen molar-refractivity contribution < 1.29 is 0 Å². The van der Waals surface area contributed by atoms with E-state index in [1.54, 1.807) is 11.3 Å². The summed E-state index contributed by atoms with van der Waals surface area (Å²) in [5.74, 6) is 1.78. The maximum atomic E-state index is 4.88. The minimum Gasteiger partial charge on any atom is -0.303 e. The molecule has 0 saturated carbocycles. The third-order valence-electron chi connectivity index (χ3n) is 4.66. The normalized spacial score (nSPS) is 16.8. The first-order chi connectivity index (χ1) is 12.2. The molecule has 3 aromatic rings. The molecule has 1 aliphatic rings. The van der Waals surface area contributed by atoms with E-state index in [2.05, 4.69) is 46.2 Å². The van der Waals surface area contributed by atoms with Crippen LogP contribution in [0.2, 0.25) is 0 Å². The molecule has 0 spiro atoms. The van der Waals surface area contributed by atoms with Crippen molar-refractivity contribution in [2.75, 3.05) is 0 Å². The smallest absolute Gasteiger partial charge is 0.200 e. The first kappa shape index (κ1) is 16.4. The van der Waals surface area contributed by atoms with Gasteiger partial charge in [-0.25, -0.2) is 14.6 Å². The van der Waals surface area contributed by atoms with Crippen molar-refractivity contribution in [1.82, 2.24) is 25.1 Å². The highest BCUT2D eigenvalue weighted by Gasteiger charge is 2.25. The Morgan fingerprint density at radius 1 is 1.24 bits per heavy atom. The zero-order valence-electron chi connectivity index (χ0n) is 14.7. The standard InChI is InChI=1S/C19H23N5S/c1-3-4-9-24-19(22-18(23-24)17-12-25-13(2)21-17)16-10-14-7-5-6-8-15(14)11-20-16/h5-8,12,16,20H,3-4,9-11H2,1-2H3. The molecule has 4 rings (SSSR count). The molecule has 0 bridgehead atoms. The Hall–Kier alpha value is -2.05. The van der Waals surface area contributed by atoms with Crippen LogP contribution in [0.3, 0.4) is 0 Å². The van der Waals surface area contributed by atoms with E-state index >= 15 is 0 Å². The van der Waals surface area contributed by atoms with Crippen LogP contribution in [0.1, 0.15) is 47.8 Å². The van der Waals surface area contributed by atoms with Gasteiger partial charge in [0.05, 0.1) is 11.0 Å². The molecule has 1 unspecified atom stereocenters. The molecule has 2 aromatic heterocycles. The van der Waals surface area contributed by atoms with Gasteiger partial charge in [-0.05, 0) is 30.9 Å². The number of benzene rings is 1. The molecule has 3 heterocycles. The minimum atomic E-state index is 0.202. The average molecular weight is 353 g/mol. The molecule has 0 amide bonds. The monoisotopic (exact) mass is 353 g/mol. The molecule has 5 nitrogen and oxygen atoms in total. The van der Waals surface area contributed by atoms with Gasteiger partial charge in [-0.15, -0.1) is 16.4 Å². The average Bonchev–Trinajstić information content (AvgIpc) is 3.25. The van der Waals surface area contributed by atoms with E-state index in [9.17, 15) is 0 Å². The number of unbranched alkanes of at least 4 members (excludes halogenated alkanes) is 1. The third kappa shape index (κ3) is 3.37. The Bertz CT molecular complexity index is 866. The molecule has 1 atom stereocenters. The Balaban J connectivity index is 1.67. The number of fused-ring (bicyclic) bond motifs is 1. The van der Waals surface area contributed by atoms with Crippen molar-refractivity contribution in [2.45, 2.75) is 52.2 Å². The highest BCUT2D eigenvalue weighted by atomic mass is 32.1. The number of nitrogens with zero attached hydrogens (tertiary/aromatic N) is 4. The van der Waals surface area contributed by atoms with Crippen molar-refractivity contribution in [3.63, 3.8) is 0 Å². The van der Waals surface area contributed by atoms with Gasteiger partial charge in [0.2, 0.25) is 5.82 Å². The lowest BCUT2D eigenvalue weighted by molar-refractivity contribution is 0.434. The van der Waals surface area contributed by atoms with E-state index in [0.717, 1.165) is 54.7 Å². The fourth-order valence-corrected chi connectivity index (χ4v) is 3.89. The predicted octanol–water partition coefficient (Wildman–Crippen LogP) is 3.90. The molecule has 0 aliphatic carbocycles. The van der Waals surface area contributed by atoms with Gasteiger partial charge in [-0.2, -0.15) is 0 Å². The highest BCUT2D eigenvalue weighted by Crippen LogP contribution is 2.27. The molecule has 25 heavy (non-hydrogen) atoms. The molecular weight excluding hydrogens is 330 g/mol. The van der Waals surface area contributed by atoms with Crippen molar-refractivity contribution in [3.8, 4) is 11.5 Å². The van der Waals surface area contributed by atoms with Crippen LogP contribution < -0.4 is 5.32 Å². The summed E-state index contributed by atoms with van der Waals surface area (Å²) in [6.07, 6.45) is 3.21. The number of rotatable bonds is 5. The van der Waals surface area contributed by atoms with E-state index in [1.807, 2.05) is 12.3 Å². The van der Waals surface area contributed by atoms with Crippen LogP contribution in [0, 0.1) is 6.92 Å². The van der Waals surface area contributed by atoms with Crippen LogP contribution in [0.15, 0.2) is 29.6 Å². The lowest BCUT2D eigenvalue weighted by Crippen LogP contribution is -2.31. The third-order valence-corrected chi connectivity index (χ3v) is 5.44. The SMILES string of the molecule is CCCCn1nc(-c2csc(C)n2)nc1C1Cc2ccccc2CN1. The first-order valence-electron chi connectivity index (χ1n) is 8.92. The van der Waals surface area contributed by atoms with Gasteiger partial charge in [0.25, 0.3) is 0 Å². The van der Waals surface area contributed by atoms with Crippen LogP contribution in [0.25, 0.3) is 11.5 Å². The molecule has 1 aliphatic heterocycles. The summed E-state index contributed by atoms with van der Waals surface area (Å²) in [6, 6.07) is 8.84. The topological polar surface area (TPSA) is 55.6 Å². The van der Waals surface area contributed by atoms with Crippen LogP contribution >= 0.6 is 11.3 Å². The lowest BCUT2D eigenvalue weighted by Gasteiger charge is -2.25. The van der Waals surface area contributed by atoms with Gasteiger partial charge in [-0.1, -0.05) is 37.6 Å². The maximum absolute atomic E-state index is 4.88. The van der Waals surface area contributed by atoms with Crippen LogP contribution in [-0.2, 0) is 19.5 Å². The maximum Gasteiger partial charge on any atom is 0.200 e. The highest BCUT2D eigenvalue weighted by molar-refractivity contribution is 7.09. The van der Waals surface area contributed by atoms with Crippen molar-refractivity contribution in [2.24, 2.45) is 0 Å².